The number of rotatable bonds is 5. The first-order valence-corrected chi connectivity index (χ1v) is 9.45. The number of nitrogens with zero attached hydrogens (tertiary/aromatic N) is 1. The number of methoxy groups -OCH3 is 1. The minimum Gasteiger partial charge on any atom is -0.497 e. The van der Waals surface area contributed by atoms with Crippen molar-refractivity contribution in [2.24, 2.45) is 0 Å². The summed E-state index contributed by atoms with van der Waals surface area (Å²) in [5, 5.41) is 18.7. The van der Waals surface area contributed by atoms with E-state index >= 15 is 0 Å². The maximum absolute atomic E-state index is 12.6. The van der Waals surface area contributed by atoms with Crippen LogP contribution in [0.1, 0.15) is 27.7 Å². The molecular weight excluding hydrogens is 362 g/mol. The zero-order chi connectivity index (χ0) is 18.8. The molecule has 0 saturated heterocycles. The Kier molecular flexibility index (Phi) is 4.79. The molecule has 27 heavy (non-hydrogen) atoms. The average molecular weight is 381 g/mol. The lowest BCUT2D eigenvalue weighted by molar-refractivity contribution is 0.0854. The highest BCUT2D eigenvalue weighted by atomic mass is 32.1. The number of aliphatic hydroxyl groups excluding tert-OH is 1. The summed E-state index contributed by atoms with van der Waals surface area (Å²) in [4.78, 5) is 16.9. The molecule has 138 valence electrons. The monoisotopic (exact) mass is 381 g/mol. The maximum Gasteiger partial charge on any atom is 0.271 e. The molecule has 3 N–H and O–H groups in total. The van der Waals surface area contributed by atoms with E-state index in [0.29, 0.717) is 17.2 Å². The number of fused-ring (bicyclic) bond motifs is 1. The molecule has 3 aromatic rings. The largest absolute Gasteiger partial charge is 0.497 e. The smallest absolute Gasteiger partial charge is 0.271 e. The Labute approximate surface area is 160 Å². The van der Waals surface area contributed by atoms with Crippen LogP contribution in [0.4, 0.5) is 10.8 Å². The van der Waals surface area contributed by atoms with Gasteiger partial charge in [0, 0.05) is 17.5 Å². The number of aliphatic hydroxyl groups is 1. The van der Waals surface area contributed by atoms with E-state index in [-0.39, 0.29) is 5.91 Å². The number of aromatic nitrogens is 1. The molecule has 0 fully saturated rings. The molecule has 0 unspecified atom stereocenters. The number of amides is 1. The standard InChI is InChI=1S/C20H19N3O3S/c1-26-14-8-6-13(7-9-14)21-20-22-16(11-27-20)19(25)23-18-15-5-3-2-4-12(15)10-17(18)24/h2-9,11,17-18,24H,10H2,1H3,(H,21,22)(H,23,25)/t17-,18+/m1/s1. The minimum absolute atomic E-state index is 0.296. The Morgan fingerprint density at radius 3 is 2.78 bits per heavy atom. The van der Waals surface area contributed by atoms with Crippen molar-refractivity contribution in [1.82, 2.24) is 10.3 Å². The third kappa shape index (κ3) is 3.65. The third-order valence-electron chi connectivity index (χ3n) is 4.57. The molecule has 0 spiro atoms. The second-order valence-electron chi connectivity index (χ2n) is 6.31. The molecule has 1 aliphatic rings. The Bertz CT molecular complexity index is 955. The summed E-state index contributed by atoms with van der Waals surface area (Å²) in [6.07, 6.45) is -0.0792. The highest BCUT2D eigenvalue weighted by Crippen LogP contribution is 2.31. The fourth-order valence-corrected chi connectivity index (χ4v) is 3.91. The lowest BCUT2D eigenvalue weighted by Crippen LogP contribution is -2.34. The Hall–Kier alpha value is -2.90. The van der Waals surface area contributed by atoms with Crippen LogP contribution in [-0.2, 0) is 6.42 Å². The van der Waals surface area contributed by atoms with Crippen molar-refractivity contribution in [2.75, 3.05) is 12.4 Å². The van der Waals surface area contributed by atoms with Crippen molar-refractivity contribution < 1.29 is 14.6 Å². The second kappa shape index (κ2) is 7.38. The molecule has 2 atom stereocenters. The number of carbonyl (C=O) groups excluding carboxylic acids is 1. The van der Waals surface area contributed by atoms with Gasteiger partial charge >= 0.3 is 0 Å². The molecule has 1 aliphatic carbocycles. The number of hydrogen-bond donors (Lipinski definition) is 3. The van der Waals surface area contributed by atoms with E-state index in [2.05, 4.69) is 15.6 Å². The van der Waals surface area contributed by atoms with Gasteiger partial charge in [0.1, 0.15) is 11.4 Å². The second-order valence-corrected chi connectivity index (χ2v) is 7.17. The molecule has 0 bridgehead atoms. The van der Waals surface area contributed by atoms with Crippen LogP contribution in [0.15, 0.2) is 53.9 Å². The number of ether oxygens (including phenoxy) is 1. The highest BCUT2D eigenvalue weighted by molar-refractivity contribution is 7.14. The van der Waals surface area contributed by atoms with Crippen LogP contribution < -0.4 is 15.4 Å². The normalized spacial score (nSPS) is 18.0. The van der Waals surface area contributed by atoms with E-state index in [1.165, 1.54) is 11.3 Å². The van der Waals surface area contributed by atoms with Gasteiger partial charge in [-0.05, 0) is 35.4 Å². The van der Waals surface area contributed by atoms with Gasteiger partial charge in [-0.2, -0.15) is 0 Å². The SMILES string of the molecule is COc1ccc(Nc2nc(C(=O)N[C@H]3c4ccccc4C[C@H]3O)cs2)cc1. The van der Waals surface area contributed by atoms with Gasteiger partial charge in [0.2, 0.25) is 0 Å². The fraction of sp³-hybridized carbons (Fsp3) is 0.200. The molecule has 0 saturated carbocycles. The summed E-state index contributed by atoms with van der Waals surface area (Å²) in [7, 11) is 1.62. The first-order chi connectivity index (χ1) is 13.1. The lowest BCUT2D eigenvalue weighted by Gasteiger charge is -2.17. The molecule has 0 radical (unpaired) electrons. The van der Waals surface area contributed by atoms with E-state index in [9.17, 15) is 9.90 Å². The molecule has 6 nitrogen and oxygen atoms in total. The van der Waals surface area contributed by atoms with Crippen LogP contribution in [0.25, 0.3) is 0 Å². The van der Waals surface area contributed by atoms with Crippen LogP contribution in [0.2, 0.25) is 0 Å². The molecule has 0 aliphatic heterocycles. The predicted molar refractivity (Wildman–Crippen MR) is 105 cm³/mol. The van der Waals surface area contributed by atoms with Crippen molar-refractivity contribution >= 4 is 28.1 Å². The van der Waals surface area contributed by atoms with Gasteiger partial charge in [0.25, 0.3) is 5.91 Å². The summed E-state index contributed by atoms with van der Waals surface area (Å²) in [6.45, 7) is 0. The van der Waals surface area contributed by atoms with Crippen molar-refractivity contribution in [2.45, 2.75) is 18.6 Å². The number of nitrogens with one attached hydrogen (secondary N) is 2. The quantitative estimate of drug-likeness (QED) is 0.632. The average Bonchev–Trinajstić information content (AvgIpc) is 3.27. The van der Waals surface area contributed by atoms with Gasteiger partial charge in [-0.1, -0.05) is 24.3 Å². The van der Waals surface area contributed by atoms with E-state index < -0.39 is 12.1 Å². The van der Waals surface area contributed by atoms with Crippen LogP contribution >= 0.6 is 11.3 Å². The van der Waals surface area contributed by atoms with Gasteiger partial charge in [0.05, 0.1) is 19.3 Å². The molecule has 1 aromatic heterocycles. The summed E-state index contributed by atoms with van der Waals surface area (Å²) in [6, 6.07) is 14.8. The topological polar surface area (TPSA) is 83.5 Å². The Balaban J connectivity index is 1.44. The molecule has 7 heteroatoms. The Morgan fingerprint density at radius 2 is 2.00 bits per heavy atom. The van der Waals surface area contributed by atoms with Gasteiger partial charge in [-0.15, -0.1) is 11.3 Å². The van der Waals surface area contributed by atoms with Crippen molar-refractivity contribution in [3.05, 3.63) is 70.7 Å². The molecule has 4 rings (SSSR count). The van der Waals surface area contributed by atoms with Gasteiger partial charge in [-0.3, -0.25) is 4.79 Å². The number of benzene rings is 2. The van der Waals surface area contributed by atoms with Gasteiger partial charge in [0.15, 0.2) is 5.13 Å². The zero-order valence-corrected chi connectivity index (χ0v) is 15.5. The number of carbonyl (C=O) groups is 1. The minimum atomic E-state index is -0.623. The number of anilines is 2. The van der Waals surface area contributed by atoms with Crippen molar-refractivity contribution in [3.63, 3.8) is 0 Å². The maximum atomic E-state index is 12.6. The summed E-state index contributed by atoms with van der Waals surface area (Å²) >= 11 is 1.35. The van der Waals surface area contributed by atoms with Crippen LogP contribution in [0, 0.1) is 0 Å². The summed E-state index contributed by atoms with van der Waals surface area (Å²) < 4.78 is 5.14. The van der Waals surface area contributed by atoms with Gasteiger partial charge in [-0.25, -0.2) is 4.98 Å². The van der Waals surface area contributed by atoms with Crippen molar-refractivity contribution in [1.29, 1.82) is 0 Å². The van der Waals surface area contributed by atoms with Gasteiger partial charge < -0.3 is 20.5 Å². The van der Waals surface area contributed by atoms with Crippen LogP contribution in [0.3, 0.4) is 0 Å². The van der Waals surface area contributed by atoms with E-state index in [4.69, 9.17) is 4.74 Å². The third-order valence-corrected chi connectivity index (χ3v) is 5.33. The van der Waals surface area contributed by atoms with E-state index in [1.54, 1.807) is 12.5 Å². The first-order valence-electron chi connectivity index (χ1n) is 8.57. The number of hydrogen-bond acceptors (Lipinski definition) is 6. The molecule has 1 amide bonds. The predicted octanol–water partition coefficient (Wildman–Crippen LogP) is 3.28. The van der Waals surface area contributed by atoms with Crippen LogP contribution in [0.5, 0.6) is 5.75 Å². The first kappa shape index (κ1) is 17.5. The fourth-order valence-electron chi connectivity index (χ4n) is 3.20. The summed E-state index contributed by atoms with van der Waals surface area (Å²) in [5.41, 5.74) is 3.21. The lowest BCUT2D eigenvalue weighted by atomic mass is 10.1. The summed E-state index contributed by atoms with van der Waals surface area (Å²) in [5.74, 6) is 0.477. The van der Waals surface area contributed by atoms with Crippen molar-refractivity contribution in [3.8, 4) is 5.75 Å². The highest BCUT2D eigenvalue weighted by Gasteiger charge is 2.32. The van der Waals surface area contributed by atoms with Crippen LogP contribution in [-0.4, -0.2) is 29.2 Å². The number of thiazole rings is 1. The molecule has 2 aromatic carbocycles. The van der Waals surface area contributed by atoms with E-state index in [1.807, 2.05) is 48.5 Å². The zero-order valence-electron chi connectivity index (χ0n) is 14.7. The molecule has 1 heterocycles. The molecular formula is C20H19N3O3S. The van der Waals surface area contributed by atoms with E-state index in [0.717, 1.165) is 22.6 Å². The Morgan fingerprint density at radius 1 is 1.22 bits per heavy atom.